The lowest BCUT2D eigenvalue weighted by molar-refractivity contribution is -0.141. The first-order valence-corrected chi connectivity index (χ1v) is 6.65. The van der Waals surface area contributed by atoms with Gasteiger partial charge >= 0.3 is 5.97 Å². The first-order valence-electron chi connectivity index (χ1n) is 6.65. The van der Waals surface area contributed by atoms with Crippen molar-refractivity contribution < 1.29 is 14.7 Å². The summed E-state index contributed by atoms with van der Waals surface area (Å²) in [6.45, 7) is 4.01. The third kappa shape index (κ3) is 2.23. The summed E-state index contributed by atoms with van der Waals surface area (Å²) in [5, 5.41) is 11.9. The summed E-state index contributed by atoms with van der Waals surface area (Å²) in [6.07, 6.45) is 1.80. The maximum absolute atomic E-state index is 11.7. The van der Waals surface area contributed by atoms with Crippen LogP contribution in [0.2, 0.25) is 0 Å². The molecule has 2 atom stereocenters. The van der Waals surface area contributed by atoms with Crippen LogP contribution in [0, 0.1) is 0 Å². The van der Waals surface area contributed by atoms with Crippen LogP contribution in [0.25, 0.3) is 0 Å². The Hall–Kier alpha value is -1.84. The van der Waals surface area contributed by atoms with Crippen molar-refractivity contribution in [2.75, 3.05) is 0 Å². The smallest absolute Gasteiger partial charge is 0.327 e. The molecular formula is C15H19NO3. The molecule has 0 radical (unpaired) electrons. The molecule has 1 aromatic rings. The lowest BCUT2D eigenvalue weighted by Gasteiger charge is -2.31. The Kier molecular flexibility index (Phi) is 3.60. The maximum atomic E-state index is 11.7. The number of carboxylic acids is 1. The molecule has 0 spiro atoms. The third-order valence-corrected chi connectivity index (χ3v) is 4.15. The van der Waals surface area contributed by atoms with Crippen molar-refractivity contribution in [3.63, 3.8) is 0 Å². The second-order valence-corrected chi connectivity index (χ2v) is 5.08. The Balaban J connectivity index is 2.45. The van der Waals surface area contributed by atoms with Crippen LogP contribution < -0.4 is 5.32 Å². The highest BCUT2D eigenvalue weighted by atomic mass is 16.4. The summed E-state index contributed by atoms with van der Waals surface area (Å²) in [4.78, 5) is 23.1. The number of hydrogen-bond donors (Lipinski definition) is 2. The zero-order chi connectivity index (χ0) is 14.0. The molecule has 0 saturated carbocycles. The molecule has 4 heteroatoms. The van der Waals surface area contributed by atoms with E-state index in [4.69, 9.17) is 0 Å². The van der Waals surface area contributed by atoms with Gasteiger partial charge in [0.15, 0.2) is 0 Å². The maximum Gasteiger partial charge on any atom is 0.327 e. The average Bonchev–Trinajstić information content (AvgIpc) is 2.77. The molecule has 1 aromatic carbocycles. The number of carboxylic acid groups (broad SMARTS) is 1. The summed E-state index contributed by atoms with van der Waals surface area (Å²) in [7, 11) is 0. The number of aliphatic carboxylic acids is 1. The molecule has 2 rings (SSSR count). The summed E-state index contributed by atoms with van der Waals surface area (Å²) in [5.74, 6) is -1.15. The fraction of sp³-hybridized carbons (Fsp3) is 0.467. The molecule has 1 amide bonds. The van der Waals surface area contributed by atoms with E-state index in [0.29, 0.717) is 6.42 Å². The number of amides is 1. The van der Waals surface area contributed by atoms with Gasteiger partial charge in [-0.05, 0) is 24.0 Å². The van der Waals surface area contributed by atoms with E-state index in [1.807, 2.05) is 31.2 Å². The van der Waals surface area contributed by atoms with E-state index >= 15 is 0 Å². The second-order valence-electron chi connectivity index (χ2n) is 5.08. The topological polar surface area (TPSA) is 66.4 Å². The SMILES string of the molecule is CCc1ccc(C2(CC)CC(=O)NC2C(=O)O)cc1. The van der Waals surface area contributed by atoms with Gasteiger partial charge in [-0.2, -0.15) is 0 Å². The Morgan fingerprint density at radius 2 is 2.00 bits per heavy atom. The summed E-state index contributed by atoms with van der Waals surface area (Å²) in [6, 6.07) is 7.09. The van der Waals surface area contributed by atoms with E-state index in [9.17, 15) is 14.7 Å². The van der Waals surface area contributed by atoms with Gasteiger partial charge in [-0.15, -0.1) is 0 Å². The van der Waals surface area contributed by atoms with E-state index in [1.54, 1.807) is 0 Å². The molecule has 19 heavy (non-hydrogen) atoms. The summed E-state index contributed by atoms with van der Waals surface area (Å²) in [5.41, 5.74) is 1.51. The molecule has 102 valence electrons. The van der Waals surface area contributed by atoms with Gasteiger partial charge in [-0.25, -0.2) is 4.79 Å². The highest BCUT2D eigenvalue weighted by Crippen LogP contribution is 2.39. The lowest BCUT2D eigenvalue weighted by Crippen LogP contribution is -2.46. The van der Waals surface area contributed by atoms with Crippen LogP contribution in [0.3, 0.4) is 0 Å². The molecular weight excluding hydrogens is 242 g/mol. The molecule has 1 heterocycles. The van der Waals surface area contributed by atoms with Crippen LogP contribution in [0.5, 0.6) is 0 Å². The summed E-state index contributed by atoms with van der Waals surface area (Å²) < 4.78 is 0. The van der Waals surface area contributed by atoms with Crippen molar-refractivity contribution in [2.24, 2.45) is 0 Å². The standard InChI is InChI=1S/C15H19NO3/c1-3-10-5-7-11(8-6-10)15(4-2)9-12(17)16-13(15)14(18)19/h5-8,13H,3-4,9H2,1-2H3,(H,16,17)(H,18,19). The van der Waals surface area contributed by atoms with Crippen molar-refractivity contribution in [1.29, 1.82) is 0 Å². The van der Waals surface area contributed by atoms with Crippen molar-refractivity contribution in [3.05, 3.63) is 35.4 Å². The minimum atomic E-state index is -0.965. The highest BCUT2D eigenvalue weighted by molar-refractivity contribution is 5.91. The molecule has 1 fully saturated rings. The number of aryl methyl sites for hydroxylation is 1. The van der Waals surface area contributed by atoms with Crippen molar-refractivity contribution in [3.8, 4) is 0 Å². The fourth-order valence-electron chi connectivity index (χ4n) is 2.91. The number of nitrogens with one attached hydrogen (secondary N) is 1. The highest BCUT2D eigenvalue weighted by Gasteiger charge is 2.50. The molecule has 1 aliphatic rings. The monoisotopic (exact) mass is 261 g/mol. The normalized spacial score (nSPS) is 26.2. The fourth-order valence-corrected chi connectivity index (χ4v) is 2.91. The first-order chi connectivity index (χ1) is 9.03. The molecule has 4 nitrogen and oxygen atoms in total. The van der Waals surface area contributed by atoms with Crippen molar-refractivity contribution in [2.45, 2.75) is 44.6 Å². The second kappa shape index (κ2) is 5.03. The minimum Gasteiger partial charge on any atom is -0.480 e. The van der Waals surface area contributed by atoms with E-state index in [2.05, 4.69) is 12.2 Å². The molecule has 2 unspecified atom stereocenters. The molecule has 1 saturated heterocycles. The molecule has 0 aliphatic carbocycles. The van der Waals surface area contributed by atoms with Gasteiger partial charge in [-0.1, -0.05) is 38.1 Å². The Morgan fingerprint density at radius 3 is 2.47 bits per heavy atom. The number of carbonyl (C=O) groups is 2. The Bertz CT molecular complexity index is 495. The average molecular weight is 261 g/mol. The molecule has 1 aliphatic heterocycles. The Labute approximate surface area is 112 Å². The van der Waals surface area contributed by atoms with Gasteiger partial charge in [-0.3, -0.25) is 4.79 Å². The quantitative estimate of drug-likeness (QED) is 0.869. The van der Waals surface area contributed by atoms with Gasteiger partial charge in [0, 0.05) is 11.8 Å². The van der Waals surface area contributed by atoms with Crippen LogP contribution in [-0.4, -0.2) is 23.0 Å². The van der Waals surface area contributed by atoms with Crippen LogP contribution in [0.1, 0.15) is 37.8 Å². The van der Waals surface area contributed by atoms with Crippen molar-refractivity contribution in [1.82, 2.24) is 5.32 Å². The van der Waals surface area contributed by atoms with Gasteiger partial charge in [0.25, 0.3) is 0 Å². The number of rotatable bonds is 4. The van der Waals surface area contributed by atoms with Gasteiger partial charge in [0.05, 0.1) is 0 Å². The predicted molar refractivity (Wildman–Crippen MR) is 72.0 cm³/mol. The van der Waals surface area contributed by atoms with Crippen LogP contribution in [0.15, 0.2) is 24.3 Å². The van der Waals surface area contributed by atoms with Gasteiger partial charge in [0.1, 0.15) is 6.04 Å². The van der Waals surface area contributed by atoms with Crippen molar-refractivity contribution >= 4 is 11.9 Å². The largest absolute Gasteiger partial charge is 0.480 e. The predicted octanol–water partition coefficient (Wildman–Crippen LogP) is 1.87. The van der Waals surface area contributed by atoms with E-state index < -0.39 is 17.4 Å². The molecule has 0 bridgehead atoms. The first kappa shape index (κ1) is 13.6. The lowest BCUT2D eigenvalue weighted by atomic mass is 9.72. The number of hydrogen-bond acceptors (Lipinski definition) is 2. The summed E-state index contributed by atoms with van der Waals surface area (Å²) >= 11 is 0. The zero-order valence-electron chi connectivity index (χ0n) is 11.3. The molecule has 0 aromatic heterocycles. The van der Waals surface area contributed by atoms with Gasteiger partial charge in [0.2, 0.25) is 5.91 Å². The Morgan fingerprint density at radius 1 is 1.37 bits per heavy atom. The molecule has 2 N–H and O–H groups in total. The van der Waals surface area contributed by atoms with Crippen LogP contribution in [-0.2, 0) is 21.4 Å². The van der Waals surface area contributed by atoms with Crippen LogP contribution >= 0.6 is 0 Å². The van der Waals surface area contributed by atoms with Gasteiger partial charge < -0.3 is 10.4 Å². The van der Waals surface area contributed by atoms with E-state index in [0.717, 1.165) is 12.0 Å². The zero-order valence-corrected chi connectivity index (χ0v) is 11.3. The van der Waals surface area contributed by atoms with E-state index in [-0.39, 0.29) is 12.3 Å². The minimum absolute atomic E-state index is 0.186. The third-order valence-electron chi connectivity index (χ3n) is 4.15. The van der Waals surface area contributed by atoms with Crippen LogP contribution in [0.4, 0.5) is 0 Å². The van der Waals surface area contributed by atoms with E-state index in [1.165, 1.54) is 5.56 Å². The number of benzene rings is 1. The number of carbonyl (C=O) groups excluding carboxylic acids is 1.